The molecule has 49 heavy (non-hydrogen) atoms. The second-order valence-electron chi connectivity index (χ2n) is 11.1. The average Bonchev–Trinajstić information content (AvgIpc) is 3.63. The first-order valence-corrected chi connectivity index (χ1v) is 16.2. The molecule has 2 bridgehead atoms. The topological polar surface area (TPSA) is 171 Å². The van der Waals surface area contributed by atoms with Crippen LogP contribution in [-0.2, 0) is 23.8 Å². The van der Waals surface area contributed by atoms with Crippen LogP contribution in [0, 0.1) is 0 Å². The number of benzene rings is 2. The fraction of sp³-hybridized carbons (Fsp3) is 0.324. The Kier molecular flexibility index (Phi) is 12.3. The average molecular weight is 689 g/mol. The molecule has 1 aliphatic rings. The number of carbonyl (C=O) groups is 3. The summed E-state index contributed by atoms with van der Waals surface area (Å²) in [4.78, 5) is 43.4. The lowest BCUT2D eigenvalue weighted by atomic mass is 9.96. The van der Waals surface area contributed by atoms with Gasteiger partial charge in [-0.25, -0.2) is 9.59 Å². The van der Waals surface area contributed by atoms with Gasteiger partial charge in [0, 0.05) is 46.9 Å². The minimum Gasteiger partial charge on any atom is -0.464 e. The molecular weight excluding hydrogens is 652 g/mol. The number of ether oxygens (including phenoxy) is 3. The molecule has 2 aromatic carbocycles. The van der Waals surface area contributed by atoms with Gasteiger partial charge >= 0.3 is 12.1 Å². The maximum Gasteiger partial charge on any atom is 0.411 e. The van der Waals surface area contributed by atoms with E-state index in [1.54, 1.807) is 49.5 Å². The molecule has 0 aliphatic carbocycles. The van der Waals surface area contributed by atoms with E-state index in [2.05, 4.69) is 36.5 Å². The van der Waals surface area contributed by atoms with E-state index >= 15 is 0 Å². The lowest BCUT2D eigenvalue weighted by molar-refractivity contribution is -0.144. The van der Waals surface area contributed by atoms with E-state index in [1.807, 2.05) is 18.2 Å². The lowest BCUT2D eigenvalue weighted by Gasteiger charge is -2.24. The molecule has 4 aromatic rings. The number of hydrogen-bond acceptors (Lipinski definition) is 11. The number of carbonyl (C=O) groups excluding carboxylic acids is 3. The van der Waals surface area contributed by atoms with Crippen molar-refractivity contribution in [3.63, 3.8) is 0 Å². The molecule has 1 aliphatic heterocycles. The van der Waals surface area contributed by atoms with Crippen molar-refractivity contribution in [3.8, 4) is 16.8 Å². The number of nitrogens with one attached hydrogen (secondary N) is 3. The van der Waals surface area contributed by atoms with Crippen LogP contribution in [0.2, 0.25) is 5.02 Å². The quantitative estimate of drug-likeness (QED) is 0.111. The number of aromatic nitrogens is 5. The molecule has 2 atom stereocenters. The number of esters is 1. The van der Waals surface area contributed by atoms with E-state index in [0.717, 1.165) is 11.1 Å². The highest BCUT2D eigenvalue weighted by molar-refractivity contribution is 6.30. The molecule has 3 N–H and O–H groups in total. The molecule has 0 saturated heterocycles. The second-order valence-corrected chi connectivity index (χ2v) is 11.5. The zero-order valence-corrected chi connectivity index (χ0v) is 27.9. The Balaban J connectivity index is 1.42. The van der Waals surface area contributed by atoms with Crippen LogP contribution in [0.25, 0.3) is 22.9 Å². The number of amides is 2. The summed E-state index contributed by atoms with van der Waals surface area (Å²) in [6, 6.07) is 13.2. The Hall–Kier alpha value is -5.34. The zero-order valence-electron chi connectivity index (χ0n) is 27.1. The van der Waals surface area contributed by atoms with Gasteiger partial charge in [-0.05, 0) is 84.3 Å². The van der Waals surface area contributed by atoms with Crippen molar-refractivity contribution in [3.05, 3.63) is 83.4 Å². The number of methoxy groups -OCH3 is 1. The van der Waals surface area contributed by atoms with Crippen LogP contribution >= 0.6 is 11.6 Å². The molecule has 0 radical (unpaired) electrons. The summed E-state index contributed by atoms with van der Waals surface area (Å²) < 4.78 is 17.0. The molecule has 5 rings (SSSR count). The smallest absolute Gasteiger partial charge is 0.411 e. The summed E-state index contributed by atoms with van der Waals surface area (Å²) in [5, 5.41) is 21.0. The summed E-state index contributed by atoms with van der Waals surface area (Å²) in [6.07, 6.45) is 8.01. The Morgan fingerprint density at radius 3 is 2.71 bits per heavy atom. The van der Waals surface area contributed by atoms with Crippen molar-refractivity contribution in [2.45, 2.75) is 44.7 Å². The Labute approximate surface area is 288 Å². The summed E-state index contributed by atoms with van der Waals surface area (Å²) in [5.41, 5.74) is 4.62. The molecule has 0 spiro atoms. The number of halogens is 1. The van der Waals surface area contributed by atoms with Crippen molar-refractivity contribution in [1.29, 1.82) is 0 Å². The van der Waals surface area contributed by atoms with E-state index < -0.39 is 18.2 Å². The molecule has 256 valence electrons. The van der Waals surface area contributed by atoms with Crippen molar-refractivity contribution in [2.24, 2.45) is 0 Å². The van der Waals surface area contributed by atoms with Crippen LogP contribution < -0.4 is 16.0 Å². The van der Waals surface area contributed by atoms with Gasteiger partial charge in [-0.15, -0.1) is 5.10 Å². The number of hydrogen-bond donors (Lipinski definition) is 3. The highest BCUT2D eigenvalue weighted by Gasteiger charge is 2.24. The van der Waals surface area contributed by atoms with E-state index in [-0.39, 0.29) is 31.7 Å². The van der Waals surface area contributed by atoms with Gasteiger partial charge in [-0.2, -0.15) is 4.68 Å². The monoisotopic (exact) mass is 688 g/mol. The minimum absolute atomic E-state index is 0.103. The van der Waals surface area contributed by atoms with E-state index in [0.29, 0.717) is 59.0 Å². The van der Waals surface area contributed by atoms with Gasteiger partial charge in [-0.3, -0.25) is 15.1 Å². The van der Waals surface area contributed by atoms with Gasteiger partial charge in [0.05, 0.1) is 30.6 Å². The Morgan fingerprint density at radius 2 is 1.92 bits per heavy atom. The van der Waals surface area contributed by atoms with Crippen LogP contribution in [0.3, 0.4) is 0 Å². The van der Waals surface area contributed by atoms with Crippen molar-refractivity contribution >= 4 is 47.0 Å². The van der Waals surface area contributed by atoms with Gasteiger partial charge in [-0.1, -0.05) is 30.5 Å². The number of nitrogens with zero attached hydrogens (tertiary/aromatic N) is 5. The fourth-order valence-electron chi connectivity index (χ4n) is 5.37. The van der Waals surface area contributed by atoms with E-state index in [9.17, 15) is 14.4 Å². The van der Waals surface area contributed by atoms with Crippen molar-refractivity contribution < 1.29 is 28.6 Å². The Bertz CT molecular complexity index is 1780. The molecule has 15 heteroatoms. The first-order valence-electron chi connectivity index (χ1n) is 15.8. The normalized spacial score (nSPS) is 16.0. The van der Waals surface area contributed by atoms with Gasteiger partial charge in [0.15, 0.2) is 0 Å². The number of rotatable bonds is 10. The van der Waals surface area contributed by atoms with Gasteiger partial charge in [0.2, 0.25) is 5.91 Å². The highest BCUT2D eigenvalue weighted by atomic mass is 35.5. The van der Waals surface area contributed by atoms with Gasteiger partial charge < -0.3 is 24.8 Å². The van der Waals surface area contributed by atoms with Crippen LogP contribution in [0.5, 0.6) is 0 Å². The molecule has 14 nitrogen and oxygen atoms in total. The van der Waals surface area contributed by atoms with Crippen LogP contribution in [-0.4, -0.2) is 76.1 Å². The highest BCUT2D eigenvalue weighted by Crippen LogP contribution is 2.34. The lowest BCUT2D eigenvalue weighted by Crippen LogP contribution is -2.32. The number of anilines is 2. The van der Waals surface area contributed by atoms with Crippen LogP contribution in [0.1, 0.15) is 49.9 Å². The molecule has 3 heterocycles. The standard InChI is InChI=1S/C34H37ClN8O6/c1-3-48-33(45)28-7-5-4-6-27(40-32(44)13-8-23-18-24(35)9-12-31(23)43-21-37-41-42-43)30-19-22(14-15-36-30)26-11-10-25(20-29(26)39-28)38-34(46)49-17-16-47-2/h8-15,18-21,27-28,39H,3-7,16-17H2,1-2H3,(H,38,46)(H,40,44)/t27-,28-/m0/s1. The SMILES string of the molecule is CCOC(=O)[C@@H]1CCCC[C@H](NC(=O)C=Cc2cc(Cl)ccc2-n2cnnn2)c2cc(ccn2)-c2ccc(NC(=O)OCCOC)cc2N1. The number of pyridine rings is 1. The third-order valence-corrected chi connectivity index (χ3v) is 7.92. The molecule has 2 aromatic heterocycles. The zero-order chi connectivity index (χ0) is 34.6. The molecule has 0 unspecified atom stereocenters. The summed E-state index contributed by atoms with van der Waals surface area (Å²) in [5.74, 6) is -0.707. The predicted octanol–water partition coefficient (Wildman–Crippen LogP) is 5.36. The summed E-state index contributed by atoms with van der Waals surface area (Å²) in [7, 11) is 1.52. The third-order valence-electron chi connectivity index (χ3n) is 7.69. The largest absolute Gasteiger partial charge is 0.464 e. The predicted molar refractivity (Wildman–Crippen MR) is 183 cm³/mol. The third kappa shape index (κ3) is 9.61. The first kappa shape index (κ1) is 35.0. The summed E-state index contributed by atoms with van der Waals surface area (Å²) >= 11 is 6.25. The molecule has 0 saturated carbocycles. The first-order chi connectivity index (χ1) is 23.8. The number of tetrazole rings is 1. The second kappa shape index (κ2) is 17.2. The van der Waals surface area contributed by atoms with E-state index in [1.165, 1.54) is 24.2 Å². The van der Waals surface area contributed by atoms with Gasteiger partial charge in [0.25, 0.3) is 0 Å². The molecular formula is C34H37ClN8O6. The van der Waals surface area contributed by atoms with Crippen molar-refractivity contribution in [2.75, 3.05) is 37.6 Å². The molecule has 0 fully saturated rings. The Morgan fingerprint density at radius 1 is 1.06 bits per heavy atom. The van der Waals surface area contributed by atoms with Crippen LogP contribution in [0.4, 0.5) is 16.2 Å². The van der Waals surface area contributed by atoms with Crippen LogP contribution in [0.15, 0.2) is 67.1 Å². The number of fused-ring (bicyclic) bond motifs is 4. The molecule has 2 amide bonds. The van der Waals surface area contributed by atoms with E-state index in [4.69, 9.17) is 25.8 Å². The maximum absolute atomic E-state index is 13.3. The maximum atomic E-state index is 13.3. The fourth-order valence-corrected chi connectivity index (χ4v) is 5.55. The minimum atomic E-state index is -0.647. The van der Waals surface area contributed by atoms with Crippen molar-refractivity contribution in [1.82, 2.24) is 30.5 Å². The van der Waals surface area contributed by atoms with Gasteiger partial charge in [0.1, 0.15) is 19.0 Å². The summed E-state index contributed by atoms with van der Waals surface area (Å²) in [6.45, 7) is 2.37.